The van der Waals surface area contributed by atoms with Crippen LogP contribution in [0, 0.1) is 0 Å². The second-order valence-electron chi connectivity index (χ2n) is 4.55. The summed E-state index contributed by atoms with van der Waals surface area (Å²) in [4.78, 5) is 23.6. The number of carbonyl (C=O) groups is 2. The lowest BCUT2D eigenvalue weighted by Crippen LogP contribution is -2.32. The molecule has 0 fully saturated rings. The van der Waals surface area contributed by atoms with Crippen LogP contribution in [-0.4, -0.2) is 25.1 Å². The Morgan fingerprint density at radius 2 is 1.83 bits per heavy atom. The largest absolute Gasteiger partial charge is 0.496 e. The summed E-state index contributed by atoms with van der Waals surface area (Å²) in [6, 6.07) is 12.3. The number of carbonyl (C=O) groups excluding carboxylic acids is 2. The van der Waals surface area contributed by atoms with Crippen molar-refractivity contribution >= 4 is 55.6 Å². The average molecular weight is 455 g/mol. The van der Waals surface area contributed by atoms with Gasteiger partial charge in [-0.15, -0.1) is 0 Å². The van der Waals surface area contributed by atoms with Crippen LogP contribution in [0.4, 0.5) is 5.69 Å². The summed E-state index contributed by atoms with van der Waals surface area (Å²) in [5, 5.41) is 6.25. The van der Waals surface area contributed by atoms with E-state index in [1.807, 2.05) is 12.1 Å². The van der Waals surface area contributed by atoms with Gasteiger partial charge in [0.1, 0.15) is 5.75 Å². The number of rotatable bonds is 4. The summed E-state index contributed by atoms with van der Waals surface area (Å²) in [5.74, 6) is -1.10. The minimum atomic E-state index is -0.875. The molecule has 0 aliphatic carbocycles. The van der Waals surface area contributed by atoms with Gasteiger partial charge in [-0.2, -0.15) is 5.10 Å². The maximum Gasteiger partial charge on any atom is 0.329 e. The Kier molecular flexibility index (Phi) is 6.51. The van der Waals surface area contributed by atoms with Crippen molar-refractivity contribution < 1.29 is 14.3 Å². The number of benzene rings is 2. The molecule has 0 unspecified atom stereocenters. The first-order valence-electron chi connectivity index (χ1n) is 6.73. The van der Waals surface area contributed by atoms with E-state index in [9.17, 15) is 9.59 Å². The Morgan fingerprint density at radius 1 is 1.08 bits per heavy atom. The van der Waals surface area contributed by atoms with Gasteiger partial charge in [0, 0.05) is 20.2 Å². The molecule has 124 valence electrons. The topological polar surface area (TPSA) is 79.8 Å². The van der Waals surface area contributed by atoms with Crippen molar-refractivity contribution in [2.45, 2.75) is 0 Å². The van der Waals surface area contributed by atoms with Gasteiger partial charge in [0.05, 0.1) is 13.3 Å². The third-order valence-corrected chi connectivity index (χ3v) is 3.84. The fourth-order valence-corrected chi connectivity index (χ4v) is 2.55. The van der Waals surface area contributed by atoms with Gasteiger partial charge in [-0.3, -0.25) is 9.59 Å². The van der Waals surface area contributed by atoms with Gasteiger partial charge >= 0.3 is 11.8 Å². The van der Waals surface area contributed by atoms with E-state index >= 15 is 0 Å². The molecule has 2 rings (SSSR count). The molecule has 0 spiro atoms. The van der Waals surface area contributed by atoms with Crippen LogP contribution in [-0.2, 0) is 9.59 Å². The zero-order chi connectivity index (χ0) is 17.5. The van der Waals surface area contributed by atoms with Gasteiger partial charge in [-0.05, 0) is 36.4 Å². The first-order valence-corrected chi connectivity index (χ1v) is 8.31. The number of ether oxygens (including phenoxy) is 1. The number of nitrogens with one attached hydrogen (secondary N) is 2. The standard InChI is InChI=1S/C16H13Br2N3O3/c1-24-14-6-5-12(18)7-10(14)9-19-21-16(23)15(22)20-13-4-2-3-11(17)8-13/h2-9H,1H3,(H,20,22)(H,21,23). The Morgan fingerprint density at radius 3 is 2.54 bits per heavy atom. The summed E-state index contributed by atoms with van der Waals surface area (Å²) in [6.45, 7) is 0. The predicted molar refractivity (Wildman–Crippen MR) is 99.2 cm³/mol. The molecule has 2 N–H and O–H groups in total. The summed E-state index contributed by atoms with van der Waals surface area (Å²) < 4.78 is 6.82. The SMILES string of the molecule is COc1ccc(Br)cc1C=NNC(=O)C(=O)Nc1cccc(Br)c1. The Labute approximate surface area is 155 Å². The summed E-state index contributed by atoms with van der Waals surface area (Å²) in [7, 11) is 1.53. The smallest absolute Gasteiger partial charge is 0.329 e. The van der Waals surface area contributed by atoms with Crippen molar-refractivity contribution in [1.82, 2.24) is 5.43 Å². The summed E-state index contributed by atoms with van der Waals surface area (Å²) in [6.07, 6.45) is 1.40. The Hall–Kier alpha value is -2.19. The van der Waals surface area contributed by atoms with Gasteiger partial charge in [-0.25, -0.2) is 5.43 Å². The average Bonchev–Trinajstić information content (AvgIpc) is 2.55. The van der Waals surface area contributed by atoms with E-state index in [1.54, 1.807) is 30.3 Å². The molecular weight excluding hydrogens is 442 g/mol. The van der Waals surface area contributed by atoms with Crippen molar-refractivity contribution in [3.63, 3.8) is 0 Å². The maximum atomic E-state index is 11.8. The van der Waals surface area contributed by atoms with Crippen molar-refractivity contribution in [3.8, 4) is 5.75 Å². The van der Waals surface area contributed by atoms with E-state index in [0.717, 1.165) is 8.95 Å². The lowest BCUT2D eigenvalue weighted by atomic mass is 10.2. The van der Waals surface area contributed by atoms with Crippen molar-refractivity contribution in [3.05, 3.63) is 57.0 Å². The molecule has 0 bridgehead atoms. The predicted octanol–water partition coefficient (Wildman–Crippen LogP) is 3.31. The molecule has 2 amide bonds. The van der Waals surface area contributed by atoms with Crippen LogP contribution in [0.5, 0.6) is 5.75 Å². The quantitative estimate of drug-likeness (QED) is 0.422. The number of amides is 2. The first-order chi connectivity index (χ1) is 11.5. The maximum absolute atomic E-state index is 11.8. The van der Waals surface area contributed by atoms with Crippen LogP contribution < -0.4 is 15.5 Å². The number of halogens is 2. The molecule has 0 aliphatic heterocycles. The highest BCUT2D eigenvalue weighted by atomic mass is 79.9. The molecule has 24 heavy (non-hydrogen) atoms. The van der Waals surface area contributed by atoms with Crippen molar-refractivity contribution in [1.29, 1.82) is 0 Å². The highest BCUT2D eigenvalue weighted by molar-refractivity contribution is 9.10. The van der Waals surface area contributed by atoms with Gasteiger partial charge in [0.15, 0.2) is 0 Å². The third kappa shape index (κ3) is 5.17. The molecule has 8 heteroatoms. The second kappa shape index (κ2) is 8.60. The fraction of sp³-hybridized carbons (Fsp3) is 0.0625. The van der Waals surface area contributed by atoms with E-state index in [0.29, 0.717) is 17.0 Å². The second-order valence-corrected chi connectivity index (χ2v) is 6.38. The molecule has 0 aliphatic rings. The summed E-state index contributed by atoms with van der Waals surface area (Å²) >= 11 is 6.63. The highest BCUT2D eigenvalue weighted by Crippen LogP contribution is 2.21. The van der Waals surface area contributed by atoms with Crippen LogP contribution >= 0.6 is 31.9 Å². The number of hydrogen-bond acceptors (Lipinski definition) is 4. The third-order valence-electron chi connectivity index (χ3n) is 2.85. The van der Waals surface area contributed by atoms with Crippen LogP contribution in [0.1, 0.15) is 5.56 Å². The van der Waals surface area contributed by atoms with Gasteiger partial charge < -0.3 is 10.1 Å². The molecule has 0 heterocycles. The van der Waals surface area contributed by atoms with E-state index in [1.165, 1.54) is 13.3 Å². The van der Waals surface area contributed by atoms with Crippen molar-refractivity contribution in [2.75, 3.05) is 12.4 Å². The zero-order valence-corrected chi connectivity index (χ0v) is 15.7. The highest BCUT2D eigenvalue weighted by Gasteiger charge is 2.13. The first kappa shape index (κ1) is 18.2. The minimum absolute atomic E-state index is 0.502. The Bertz CT molecular complexity index is 794. The van der Waals surface area contributed by atoms with Crippen LogP contribution in [0.3, 0.4) is 0 Å². The van der Waals surface area contributed by atoms with Gasteiger partial charge in [0.2, 0.25) is 0 Å². The number of anilines is 1. The van der Waals surface area contributed by atoms with Gasteiger partial charge in [0.25, 0.3) is 0 Å². The molecule has 0 radical (unpaired) electrons. The normalized spacial score (nSPS) is 10.5. The fourth-order valence-electron chi connectivity index (χ4n) is 1.77. The Balaban J connectivity index is 1.97. The van der Waals surface area contributed by atoms with Crippen LogP contribution in [0.15, 0.2) is 56.5 Å². The molecule has 0 saturated carbocycles. The summed E-state index contributed by atoms with van der Waals surface area (Å²) in [5.41, 5.74) is 3.33. The number of hydrogen-bond donors (Lipinski definition) is 2. The zero-order valence-electron chi connectivity index (χ0n) is 12.5. The van der Waals surface area contributed by atoms with Gasteiger partial charge in [-0.1, -0.05) is 37.9 Å². The van der Waals surface area contributed by atoms with Crippen LogP contribution in [0.2, 0.25) is 0 Å². The molecule has 2 aromatic carbocycles. The number of hydrazone groups is 1. The van der Waals surface area contributed by atoms with E-state index in [-0.39, 0.29) is 0 Å². The van der Waals surface area contributed by atoms with Crippen molar-refractivity contribution in [2.24, 2.45) is 5.10 Å². The lowest BCUT2D eigenvalue weighted by molar-refractivity contribution is -0.136. The molecule has 0 atom stereocenters. The lowest BCUT2D eigenvalue weighted by Gasteiger charge is -2.05. The van der Waals surface area contributed by atoms with E-state index in [4.69, 9.17) is 4.74 Å². The molecular formula is C16H13Br2N3O3. The molecule has 0 saturated heterocycles. The minimum Gasteiger partial charge on any atom is -0.496 e. The van der Waals surface area contributed by atoms with E-state index < -0.39 is 11.8 Å². The molecule has 0 aromatic heterocycles. The molecule has 6 nitrogen and oxygen atoms in total. The number of nitrogens with zero attached hydrogens (tertiary/aromatic N) is 1. The van der Waals surface area contributed by atoms with Crippen LogP contribution in [0.25, 0.3) is 0 Å². The monoisotopic (exact) mass is 453 g/mol. The number of methoxy groups -OCH3 is 1. The molecule has 2 aromatic rings. The van der Waals surface area contributed by atoms with E-state index in [2.05, 4.69) is 47.7 Å².